The van der Waals surface area contributed by atoms with E-state index in [0.29, 0.717) is 32.2 Å². The summed E-state index contributed by atoms with van der Waals surface area (Å²) in [6.07, 6.45) is -0.890. The molecule has 3 rings (SSSR count). The second-order valence-corrected chi connectivity index (χ2v) is 5.54. The molecule has 0 atom stereocenters. The van der Waals surface area contributed by atoms with Crippen molar-refractivity contribution in [3.8, 4) is 0 Å². The van der Waals surface area contributed by atoms with Gasteiger partial charge in [-0.05, 0) is 19.9 Å². The smallest absolute Gasteiger partial charge is 0.407 e. The molecule has 0 saturated carbocycles. The molecule has 0 unspecified atom stereocenters. The summed E-state index contributed by atoms with van der Waals surface area (Å²) >= 11 is 0. The minimum atomic E-state index is -0.890. The van der Waals surface area contributed by atoms with E-state index < -0.39 is 11.7 Å². The molecule has 1 N–H and O–H groups in total. The maximum Gasteiger partial charge on any atom is 0.407 e. The molecule has 1 aromatic heterocycles. The molecule has 108 valence electrons. The summed E-state index contributed by atoms with van der Waals surface area (Å²) in [5.74, 6) is 0.707. The number of morpholine rings is 1. The van der Waals surface area contributed by atoms with E-state index in [1.807, 2.05) is 19.9 Å². The van der Waals surface area contributed by atoms with Crippen LogP contribution in [0.15, 0.2) is 6.07 Å². The number of anilines is 1. The Labute approximate surface area is 117 Å². The molecule has 1 spiro atoms. The summed E-state index contributed by atoms with van der Waals surface area (Å²) in [5, 5.41) is 8.94. The third-order valence-corrected chi connectivity index (χ3v) is 3.73. The van der Waals surface area contributed by atoms with Gasteiger partial charge < -0.3 is 19.6 Å². The van der Waals surface area contributed by atoms with Crippen molar-refractivity contribution in [1.29, 1.82) is 0 Å². The molecule has 2 saturated heterocycles. The molecule has 0 aliphatic carbocycles. The van der Waals surface area contributed by atoms with Crippen molar-refractivity contribution in [2.45, 2.75) is 19.4 Å². The molecule has 20 heavy (non-hydrogen) atoms. The number of nitrogens with zero attached hydrogens (tertiary/aromatic N) is 4. The summed E-state index contributed by atoms with van der Waals surface area (Å²) in [6, 6.07) is 1.94. The molecule has 0 bridgehead atoms. The summed E-state index contributed by atoms with van der Waals surface area (Å²) in [5.41, 5.74) is 1.49. The van der Waals surface area contributed by atoms with E-state index in [1.54, 1.807) is 0 Å². The van der Waals surface area contributed by atoms with Crippen molar-refractivity contribution in [3.05, 3.63) is 17.5 Å². The van der Waals surface area contributed by atoms with Crippen molar-refractivity contribution in [2.75, 3.05) is 37.7 Å². The summed E-state index contributed by atoms with van der Waals surface area (Å²) in [4.78, 5) is 23.3. The van der Waals surface area contributed by atoms with Gasteiger partial charge in [-0.15, -0.1) is 0 Å². The Hall–Kier alpha value is -1.89. The molecule has 2 aliphatic rings. The molecule has 7 heteroatoms. The van der Waals surface area contributed by atoms with Crippen LogP contribution in [0, 0.1) is 13.8 Å². The fraction of sp³-hybridized carbons (Fsp3) is 0.615. The Morgan fingerprint density at radius 3 is 2.55 bits per heavy atom. The minimum absolute atomic E-state index is 0.391. The van der Waals surface area contributed by atoms with Crippen molar-refractivity contribution in [1.82, 2.24) is 14.9 Å². The molecule has 1 aromatic rings. The Balaban J connectivity index is 1.74. The van der Waals surface area contributed by atoms with Crippen molar-refractivity contribution in [2.24, 2.45) is 0 Å². The number of aromatic nitrogens is 2. The number of carbonyl (C=O) groups is 1. The molecular weight excluding hydrogens is 260 g/mol. The van der Waals surface area contributed by atoms with Gasteiger partial charge in [-0.1, -0.05) is 0 Å². The fourth-order valence-corrected chi connectivity index (χ4v) is 2.84. The van der Waals surface area contributed by atoms with Crippen LogP contribution in [0.4, 0.5) is 10.7 Å². The predicted octanol–water partition coefficient (Wildman–Crippen LogP) is 0.662. The monoisotopic (exact) mass is 278 g/mol. The lowest BCUT2D eigenvalue weighted by atomic mass is 9.92. The average molecular weight is 278 g/mol. The van der Waals surface area contributed by atoms with Crippen molar-refractivity contribution >= 4 is 12.0 Å². The first kappa shape index (κ1) is 13.1. The van der Waals surface area contributed by atoms with E-state index >= 15 is 0 Å². The van der Waals surface area contributed by atoms with Gasteiger partial charge in [-0.2, -0.15) is 0 Å². The lowest BCUT2D eigenvalue weighted by Crippen LogP contribution is -2.71. The van der Waals surface area contributed by atoms with Crippen LogP contribution in [0.2, 0.25) is 0 Å². The van der Waals surface area contributed by atoms with Crippen molar-refractivity contribution < 1.29 is 14.6 Å². The number of aryl methyl sites for hydroxylation is 2. The lowest BCUT2D eigenvalue weighted by molar-refractivity contribution is -0.137. The fourth-order valence-electron chi connectivity index (χ4n) is 2.84. The summed E-state index contributed by atoms with van der Waals surface area (Å²) < 4.78 is 5.79. The first-order chi connectivity index (χ1) is 9.47. The summed E-state index contributed by atoms with van der Waals surface area (Å²) in [7, 11) is 0. The molecule has 2 aliphatic heterocycles. The molecule has 0 aromatic carbocycles. The third kappa shape index (κ3) is 2.29. The number of hydrogen-bond donors (Lipinski definition) is 1. The van der Waals surface area contributed by atoms with Crippen LogP contribution < -0.4 is 4.90 Å². The Morgan fingerprint density at radius 2 is 1.95 bits per heavy atom. The highest BCUT2D eigenvalue weighted by molar-refractivity contribution is 5.66. The highest BCUT2D eigenvalue weighted by Crippen LogP contribution is 2.30. The van der Waals surface area contributed by atoms with Crippen LogP contribution in [0.5, 0.6) is 0 Å². The van der Waals surface area contributed by atoms with Crippen LogP contribution >= 0.6 is 0 Å². The van der Waals surface area contributed by atoms with Gasteiger partial charge in [0.15, 0.2) is 0 Å². The van der Waals surface area contributed by atoms with E-state index in [2.05, 4.69) is 14.9 Å². The number of ether oxygens (including phenoxy) is 1. The molecule has 7 nitrogen and oxygen atoms in total. The topological polar surface area (TPSA) is 78.8 Å². The third-order valence-electron chi connectivity index (χ3n) is 3.73. The largest absolute Gasteiger partial charge is 0.465 e. The highest BCUT2D eigenvalue weighted by Gasteiger charge is 2.49. The van der Waals surface area contributed by atoms with E-state index in [9.17, 15) is 4.79 Å². The molecule has 3 heterocycles. The van der Waals surface area contributed by atoms with Gasteiger partial charge in [0.25, 0.3) is 0 Å². The van der Waals surface area contributed by atoms with Gasteiger partial charge in [0.2, 0.25) is 5.95 Å². The molecular formula is C13H18N4O3. The zero-order chi connectivity index (χ0) is 14.3. The Bertz CT molecular complexity index is 522. The zero-order valence-electron chi connectivity index (χ0n) is 11.7. The number of likely N-dealkylation sites (tertiary alicyclic amines) is 1. The number of hydrogen-bond acceptors (Lipinski definition) is 5. The standard InChI is InChI=1S/C13H18N4O3/c1-9-5-10(2)15-11(14-9)16-3-4-20-13(6-16)7-17(8-13)12(18)19/h5H,3-4,6-8H2,1-2H3,(H,18,19). The Morgan fingerprint density at radius 1 is 1.30 bits per heavy atom. The maximum atomic E-state index is 10.9. The van der Waals surface area contributed by atoms with Crippen LogP contribution in [0.3, 0.4) is 0 Å². The van der Waals surface area contributed by atoms with Crippen molar-refractivity contribution in [3.63, 3.8) is 0 Å². The average Bonchev–Trinajstić information content (AvgIpc) is 2.34. The van der Waals surface area contributed by atoms with E-state index in [0.717, 1.165) is 17.9 Å². The predicted molar refractivity (Wildman–Crippen MR) is 72.0 cm³/mol. The van der Waals surface area contributed by atoms with E-state index in [-0.39, 0.29) is 0 Å². The second kappa shape index (κ2) is 4.59. The lowest BCUT2D eigenvalue weighted by Gasteiger charge is -2.52. The molecule has 2 fully saturated rings. The number of rotatable bonds is 1. The SMILES string of the molecule is Cc1cc(C)nc(N2CCOC3(CN(C(=O)O)C3)C2)n1. The number of carboxylic acid groups (broad SMARTS) is 1. The maximum absolute atomic E-state index is 10.9. The Kier molecular flexibility index (Phi) is 3.01. The molecule has 0 radical (unpaired) electrons. The van der Waals surface area contributed by atoms with Crippen LogP contribution in [-0.2, 0) is 4.74 Å². The second-order valence-electron chi connectivity index (χ2n) is 5.54. The number of amides is 1. The van der Waals surface area contributed by atoms with Gasteiger partial charge in [0.05, 0.1) is 26.2 Å². The van der Waals surface area contributed by atoms with Crippen LogP contribution in [0.25, 0.3) is 0 Å². The first-order valence-electron chi connectivity index (χ1n) is 6.67. The van der Waals surface area contributed by atoms with Gasteiger partial charge in [0, 0.05) is 17.9 Å². The minimum Gasteiger partial charge on any atom is -0.465 e. The highest BCUT2D eigenvalue weighted by atomic mass is 16.5. The van der Waals surface area contributed by atoms with Gasteiger partial charge >= 0.3 is 6.09 Å². The van der Waals surface area contributed by atoms with E-state index in [4.69, 9.17) is 9.84 Å². The van der Waals surface area contributed by atoms with Crippen LogP contribution in [-0.4, -0.2) is 64.5 Å². The van der Waals surface area contributed by atoms with Gasteiger partial charge in [-0.25, -0.2) is 14.8 Å². The quantitative estimate of drug-likeness (QED) is 0.813. The van der Waals surface area contributed by atoms with E-state index in [1.165, 1.54) is 4.90 Å². The normalized spacial score (nSPS) is 20.9. The van der Waals surface area contributed by atoms with Crippen LogP contribution in [0.1, 0.15) is 11.4 Å². The summed E-state index contributed by atoms with van der Waals surface area (Å²) in [6.45, 7) is 6.68. The zero-order valence-corrected chi connectivity index (χ0v) is 11.7. The first-order valence-corrected chi connectivity index (χ1v) is 6.67. The molecule has 1 amide bonds. The van der Waals surface area contributed by atoms with Gasteiger partial charge in [0.1, 0.15) is 5.60 Å². The van der Waals surface area contributed by atoms with Gasteiger partial charge in [-0.3, -0.25) is 0 Å².